The zero-order valence-corrected chi connectivity index (χ0v) is 19.3. The molecule has 1 aromatic rings. The number of nitrogens with zero attached hydrogens (tertiary/aromatic N) is 2. The summed E-state index contributed by atoms with van der Waals surface area (Å²) >= 11 is 20.7. The Balaban J connectivity index is 3.40. The van der Waals surface area contributed by atoms with Crippen LogP contribution in [-0.4, -0.2) is 30.9 Å². The minimum atomic E-state index is -3.78. The van der Waals surface area contributed by atoms with Gasteiger partial charge in [0.05, 0.1) is 25.0 Å². The van der Waals surface area contributed by atoms with Gasteiger partial charge in [-0.2, -0.15) is 9.57 Å². The van der Waals surface area contributed by atoms with Crippen LogP contribution in [0.1, 0.15) is 39.5 Å². The molecule has 0 atom stereocenters. The lowest BCUT2D eigenvalue weighted by atomic mass is 10.3. The van der Waals surface area contributed by atoms with Crippen LogP contribution in [0.4, 0.5) is 0 Å². The summed E-state index contributed by atoms with van der Waals surface area (Å²) in [5.74, 6) is 0. The van der Waals surface area contributed by atoms with Gasteiger partial charge >= 0.3 is 0 Å². The smallest absolute Gasteiger partial charge is 0.207 e. The molecule has 4 nitrogen and oxygen atoms in total. The Bertz CT molecular complexity index is 744. The largest absolute Gasteiger partial charge is 0.244 e. The molecule has 0 N–H and O–H groups in total. The van der Waals surface area contributed by atoms with Crippen molar-refractivity contribution in [2.24, 2.45) is 0 Å². The van der Waals surface area contributed by atoms with Crippen molar-refractivity contribution in [3.8, 4) is 5.40 Å². The van der Waals surface area contributed by atoms with E-state index >= 15 is 0 Å². The molecule has 0 spiro atoms. The first-order valence-electron chi connectivity index (χ1n) is 8.12. The van der Waals surface area contributed by atoms with Crippen molar-refractivity contribution in [2.45, 2.75) is 49.3 Å². The fraction of sp³-hybridized carbons (Fsp3) is 0.562. The lowest BCUT2D eigenvalue weighted by Crippen LogP contribution is -2.33. The molecule has 0 bridgehead atoms. The van der Waals surface area contributed by atoms with Crippen LogP contribution in [0.25, 0.3) is 0 Å². The maximum atomic E-state index is 13.3. The standard InChI is InChI=1S/C16H21Cl3N2O2S3/c1-3-5-7-21(8-6-4-2)26(22,23)13-9-12(17)14(18)15(19)16(13)25-11-24-10-20/h9H,3-8,11H2,1-2H3. The van der Waals surface area contributed by atoms with Gasteiger partial charge in [-0.15, -0.1) is 11.8 Å². The molecule has 0 aliphatic rings. The summed E-state index contributed by atoms with van der Waals surface area (Å²) in [7, 11) is -3.78. The van der Waals surface area contributed by atoms with Crippen LogP contribution in [-0.2, 0) is 10.0 Å². The van der Waals surface area contributed by atoms with Gasteiger partial charge in [-0.05, 0) is 30.7 Å². The second kappa shape index (κ2) is 11.9. The molecule has 0 aliphatic heterocycles. The Morgan fingerprint density at radius 2 is 1.69 bits per heavy atom. The highest BCUT2D eigenvalue weighted by Gasteiger charge is 2.29. The van der Waals surface area contributed by atoms with E-state index in [1.54, 1.807) is 0 Å². The van der Waals surface area contributed by atoms with Crippen molar-refractivity contribution < 1.29 is 8.42 Å². The average molecular weight is 476 g/mol. The van der Waals surface area contributed by atoms with Crippen molar-refractivity contribution in [3.63, 3.8) is 0 Å². The molecular weight excluding hydrogens is 455 g/mol. The van der Waals surface area contributed by atoms with E-state index in [1.807, 2.05) is 19.2 Å². The minimum Gasteiger partial charge on any atom is -0.207 e. The molecule has 0 saturated carbocycles. The summed E-state index contributed by atoms with van der Waals surface area (Å²) in [6, 6.07) is 1.36. The van der Waals surface area contributed by atoms with Gasteiger partial charge in [0.1, 0.15) is 5.40 Å². The summed E-state index contributed by atoms with van der Waals surface area (Å²) in [6.07, 6.45) is 3.32. The van der Waals surface area contributed by atoms with Crippen molar-refractivity contribution in [1.82, 2.24) is 4.31 Å². The van der Waals surface area contributed by atoms with Crippen LogP contribution in [0.5, 0.6) is 0 Å². The molecule has 1 rings (SSSR count). The van der Waals surface area contributed by atoms with Crippen LogP contribution < -0.4 is 0 Å². The Kier molecular flexibility index (Phi) is 11.1. The monoisotopic (exact) mass is 474 g/mol. The Hall–Kier alpha value is 0.190. The zero-order valence-electron chi connectivity index (χ0n) is 14.6. The molecule has 0 fully saturated rings. The van der Waals surface area contributed by atoms with Crippen LogP contribution >= 0.6 is 58.3 Å². The number of hydrogen-bond donors (Lipinski definition) is 0. The molecule has 0 radical (unpaired) electrons. The quantitative estimate of drug-likeness (QED) is 0.120. The molecule has 0 aromatic heterocycles. The van der Waals surface area contributed by atoms with E-state index in [0.717, 1.165) is 37.4 Å². The Morgan fingerprint density at radius 1 is 1.12 bits per heavy atom. The van der Waals surface area contributed by atoms with E-state index < -0.39 is 10.0 Å². The summed E-state index contributed by atoms with van der Waals surface area (Å²) in [5, 5.41) is 11.3. The lowest BCUT2D eigenvalue weighted by molar-refractivity contribution is 0.394. The van der Waals surface area contributed by atoms with Gasteiger partial charge in [0.2, 0.25) is 10.0 Å². The van der Waals surface area contributed by atoms with E-state index in [2.05, 4.69) is 0 Å². The highest BCUT2D eigenvalue weighted by molar-refractivity contribution is 8.18. The van der Waals surface area contributed by atoms with E-state index in [-0.39, 0.29) is 20.0 Å². The summed E-state index contributed by atoms with van der Waals surface area (Å²) in [4.78, 5) is 0.384. The normalized spacial score (nSPS) is 11.7. The van der Waals surface area contributed by atoms with Gasteiger partial charge in [0.15, 0.2) is 0 Å². The van der Waals surface area contributed by atoms with Crippen molar-refractivity contribution in [1.29, 1.82) is 5.26 Å². The SMILES string of the molecule is CCCCN(CCCC)S(=O)(=O)c1cc(Cl)c(Cl)c(Cl)c1SCSC#N. The highest BCUT2D eigenvalue weighted by atomic mass is 35.5. The second-order valence-electron chi connectivity index (χ2n) is 5.42. The van der Waals surface area contributed by atoms with Gasteiger partial charge < -0.3 is 0 Å². The average Bonchev–Trinajstić information content (AvgIpc) is 2.61. The third-order valence-corrected chi connectivity index (χ3v) is 8.76. The predicted molar refractivity (Wildman–Crippen MR) is 114 cm³/mol. The Labute approximate surface area is 179 Å². The predicted octanol–water partition coefficient (Wildman–Crippen LogP) is 6.50. The number of rotatable bonds is 11. The van der Waals surface area contributed by atoms with Crippen molar-refractivity contribution >= 4 is 68.3 Å². The fourth-order valence-corrected chi connectivity index (χ4v) is 6.56. The number of hydrogen-bond acceptors (Lipinski definition) is 5. The fourth-order valence-electron chi connectivity index (χ4n) is 2.16. The first-order valence-corrected chi connectivity index (χ1v) is 12.7. The van der Waals surface area contributed by atoms with E-state index in [4.69, 9.17) is 40.1 Å². The number of thiocyanates is 1. The first-order chi connectivity index (χ1) is 12.3. The lowest BCUT2D eigenvalue weighted by Gasteiger charge is -2.24. The van der Waals surface area contributed by atoms with Crippen molar-refractivity contribution in [3.05, 3.63) is 21.1 Å². The molecule has 1 aromatic carbocycles. The van der Waals surface area contributed by atoms with Gasteiger partial charge in [-0.25, -0.2) is 8.42 Å². The van der Waals surface area contributed by atoms with Gasteiger partial charge in [0.25, 0.3) is 0 Å². The first kappa shape index (κ1) is 24.2. The Morgan fingerprint density at radius 3 is 2.19 bits per heavy atom. The number of benzene rings is 1. The van der Waals surface area contributed by atoms with Crippen LogP contribution in [0, 0.1) is 10.7 Å². The van der Waals surface area contributed by atoms with E-state index in [1.165, 1.54) is 22.1 Å². The topological polar surface area (TPSA) is 61.2 Å². The van der Waals surface area contributed by atoms with Gasteiger partial charge in [-0.1, -0.05) is 61.5 Å². The summed E-state index contributed by atoms with van der Waals surface area (Å²) < 4.78 is 28.1. The summed E-state index contributed by atoms with van der Waals surface area (Å²) in [6.45, 7) is 4.91. The third kappa shape index (κ3) is 6.37. The molecule has 26 heavy (non-hydrogen) atoms. The van der Waals surface area contributed by atoms with Crippen LogP contribution in [0.15, 0.2) is 15.9 Å². The molecule has 146 valence electrons. The van der Waals surface area contributed by atoms with Gasteiger partial charge in [0, 0.05) is 18.0 Å². The number of halogens is 3. The molecule has 10 heteroatoms. The number of sulfonamides is 1. The molecular formula is C16H21Cl3N2O2S3. The molecule has 0 amide bonds. The van der Waals surface area contributed by atoms with Gasteiger partial charge in [-0.3, -0.25) is 0 Å². The number of thioether (sulfide) groups is 2. The second-order valence-corrected chi connectivity index (χ2v) is 10.6. The van der Waals surface area contributed by atoms with E-state index in [0.29, 0.717) is 23.1 Å². The van der Waals surface area contributed by atoms with E-state index in [9.17, 15) is 8.42 Å². The minimum absolute atomic E-state index is 0.0487. The maximum Gasteiger partial charge on any atom is 0.244 e. The molecule has 0 heterocycles. The van der Waals surface area contributed by atoms with Crippen LogP contribution in [0.2, 0.25) is 15.1 Å². The third-order valence-electron chi connectivity index (χ3n) is 3.55. The molecule has 0 saturated heterocycles. The molecule has 0 aliphatic carbocycles. The maximum absolute atomic E-state index is 13.3. The summed E-state index contributed by atoms with van der Waals surface area (Å²) in [5.41, 5.74) is 0. The van der Waals surface area contributed by atoms with Crippen molar-refractivity contribution in [2.75, 3.05) is 18.2 Å². The zero-order chi connectivity index (χ0) is 19.7. The number of unbranched alkanes of at least 4 members (excludes halogenated alkanes) is 2. The van der Waals surface area contributed by atoms with Crippen LogP contribution in [0.3, 0.4) is 0 Å². The highest BCUT2D eigenvalue weighted by Crippen LogP contribution is 2.43. The number of nitriles is 1. The molecule has 0 unspecified atom stereocenters.